The van der Waals surface area contributed by atoms with Gasteiger partial charge < -0.3 is 5.11 Å². The Morgan fingerprint density at radius 2 is 1.55 bits per heavy atom. The molecule has 3 aromatic rings. The number of hydrogen-bond acceptors (Lipinski definition) is 4. The van der Waals surface area contributed by atoms with Gasteiger partial charge in [0.15, 0.2) is 11.6 Å². The number of aliphatic imine (C=N–C) groups is 1. The molecule has 0 bridgehead atoms. The molecule has 0 saturated carbocycles. The van der Waals surface area contributed by atoms with Crippen LogP contribution in [0.5, 0.6) is 0 Å². The topological polar surface area (TPSA) is 81.6 Å². The molecule has 0 aliphatic heterocycles. The van der Waals surface area contributed by atoms with Crippen LogP contribution in [0.1, 0.15) is 5.56 Å². The van der Waals surface area contributed by atoms with Crippen LogP contribution in [0.25, 0.3) is 0 Å². The number of anilines is 1. The van der Waals surface area contributed by atoms with Crippen molar-refractivity contribution in [3.05, 3.63) is 88.7 Å². The third kappa shape index (κ3) is 4.87. The quantitative estimate of drug-likeness (QED) is 0.482. The maximum absolute atomic E-state index is 13.3. The van der Waals surface area contributed by atoms with Crippen molar-refractivity contribution < 1.29 is 26.7 Å². The minimum absolute atomic E-state index is 0.0936. The van der Waals surface area contributed by atoms with Crippen molar-refractivity contribution in [1.82, 2.24) is 0 Å². The van der Waals surface area contributed by atoms with Crippen molar-refractivity contribution in [2.75, 3.05) is 4.72 Å². The van der Waals surface area contributed by atoms with E-state index in [2.05, 4.69) is 9.71 Å². The average Bonchev–Trinajstić information content (AvgIpc) is 2.67. The van der Waals surface area contributed by atoms with Crippen LogP contribution in [-0.4, -0.2) is 14.3 Å². The van der Waals surface area contributed by atoms with Crippen LogP contribution in [0.15, 0.2) is 70.6 Å². The Kier molecular flexibility index (Phi) is 5.81. The molecule has 0 aromatic heterocycles. The van der Waals surface area contributed by atoms with Crippen molar-refractivity contribution in [2.45, 2.75) is 4.90 Å². The number of rotatable bonds is 5. The summed E-state index contributed by atoms with van der Waals surface area (Å²) < 4.78 is 66.1. The maximum Gasteiger partial charge on any atom is 0.261 e. The van der Waals surface area contributed by atoms with E-state index in [1.165, 1.54) is 36.4 Å². The highest BCUT2D eigenvalue weighted by molar-refractivity contribution is 7.92. The first-order chi connectivity index (χ1) is 13.7. The molecule has 0 amide bonds. The average molecular weight is 440 g/mol. The number of halogens is 4. The van der Waals surface area contributed by atoms with E-state index in [1.807, 2.05) is 0 Å². The summed E-state index contributed by atoms with van der Waals surface area (Å²) in [6.45, 7) is 0. The van der Waals surface area contributed by atoms with Crippen LogP contribution in [0.4, 0.5) is 24.5 Å². The van der Waals surface area contributed by atoms with Gasteiger partial charge in [0.1, 0.15) is 5.82 Å². The largest absolute Gasteiger partial charge is 0.858 e. The Hall–Kier alpha value is -3.04. The number of benzene rings is 3. The van der Waals surface area contributed by atoms with Gasteiger partial charge in [-0.2, -0.15) is 0 Å². The van der Waals surface area contributed by atoms with Crippen LogP contribution in [0.2, 0.25) is 5.02 Å². The van der Waals surface area contributed by atoms with Crippen molar-refractivity contribution in [3.8, 4) is 0 Å². The molecule has 0 saturated heterocycles. The fourth-order valence-electron chi connectivity index (χ4n) is 2.28. The molecule has 0 spiro atoms. The normalized spacial score (nSPS) is 12.1. The van der Waals surface area contributed by atoms with Crippen LogP contribution in [-0.2, 0) is 10.0 Å². The first kappa shape index (κ1) is 20.7. The van der Waals surface area contributed by atoms with Crippen LogP contribution >= 0.6 is 11.6 Å². The van der Waals surface area contributed by atoms with Gasteiger partial charge in [-0.25, -0.2) is 21.6 Å². The zero-order chi connectivity index (χ0) is 21.2. The standard InChI is InChI=1S/C19H12ClF3N2O3S/c20-15-9-13(5-7-16(15)21)24-19(26)11-1-3-12(4-2-11)25-29(27,28)14-6-8-17(22)18(23)10-14/h1-10,25H,(H,24,26)/p-1. The van der Waals surface area contributed by atoms with E-state index in [0.717, 1.165) is 12.1 Å². The van der Waals surface area contributed by atoms with E-state index < -0.39 is 38.3 Å². The highest BCUT2D eigenvalue weighted by Gasteiger charge is 2.16. The smallest absolute Gasteiger partial charge is 0.261 e. The number of nitrogens with one attached hydrogen (secondary N) is 1. The minimum atomic E-state index is -4.16. The summed E-state index contributed by atoms with van der Waals surface area (Å²) >= 11 is 5.64. The van der Waals surface area contributed by atoms with E-state index in [4.69, 9.17) is 11.6 Å². The number of nitrogens with zero attached hydrogens (tertiary/aromatic N) is 1. The molecule has 0 atom stereocenters. The Balaban J connectivity index is 1.79. The van der Waals surface area contributed by atoms with Gasteiger partial charge in [0.05, 0.1) is 15.6 Å². The van der Waals surface area contributed by atoms with E-state index >= 15 is 0 Å². The molecular weight excluding hydrogens is 429 g/mol. The molecule has 0 aliphatic rings. The second-order valence-electron chi connectivity index (χ2n) is 5.77. The Labute approximate surface area is 169 Å². The Bertz CT molecular complexity index is 1200. The summed E-state index contributed by atoms with van der Waals surface area (Å²) in [5.74, 6) is -3.76. The summed E-state index contributed by atoms with van der Waals surface area (Å²) in [5.41, 5.74) is 0.391. The van der Waals surface area contributed by atoms with Crippen LogP contribution in [0, 0.1) is 17.5 Å². The predicted octanol–water partition coefficient (Wildman–Crippen LogP) is 4.00. The first-order valence-corrected chi connectivity index (χ1v) is 9.81. The number of sulfonamides is 1. The summed E-state index contributed by atoms with van der Waals surface area (Å²) in [7, 11) is -4.16. The minimum Gasteiger partial charge on any atom is -0.858 e. The lowest BCUT2D eigenvalue weighted by molar-refractivity contribution is -0.212. The van der Waals surface area contributed by atoms with Crippen LogP contribution < -0.4 is 9.83 Å². The maximum atomic E-state index is 13.3. The van der Waals surface area contributed by atoms with Crippen molar-refractivity contribution in [3.63, 3.8) is 0 Å². The van der Waals surface area contributed by atoms with Gasteiger partial charge in [0.2, 0.25) is 0 Å². The summed E-state index contributed by atoms with van der Waals surface area (Å²) in [6, 6.07) is 11.0. The van der Waals surface area contributed by atoms with Crippen molar-refractivity contribution >= 4 is 38.9 Å². The molecule has 29 heavy (non-hydrogen) atoms. The third-order valence-electron chi connectivity index (χ3n) is 3.72. The molecule has 0 fully saturated rings. The first-order valence-electron chi connectivity index (χ1n) is 7.95. The summed E-state index contributed by atoms with van der Waals surface area (Å²) in [5, 5.41) is 12.0. The van der Waals surface area contributed by atoms with Gasteiger partial charge in [-0.05, 0) is 60.0 Å². The summed E-state index contributed by atoms with van der Waals surface area (Å²) in [6.07, 6.45) is 0. The molecule has 10 heteroatoms. The predicted molar refractivity (Wildman–Crippen MR) is 101 cm³/mol. The summed E-state index contributed by atoms with van der Waals surface area (Å²) in [4.78, 5) is 3.34. The third-order valence-corrected chi connectivity index (χ3v) is 5.39. The molecule has 1 N–H and O–H groups in total. The lowest BCUT2D eigenvalue weighted by Gasteiger charge is -2.13. The van der Waals surface area contributed by atoms with E-state index in [-0.39, 0.29) is 22.0 Å². The van der Waals surface area contributed by atoms with Gasteiger partial charge in [0, 0.05) is 5.69 Å². The fourth-order valence-corrected chi connectivity index (χ4v) is 3.52. The van der Waals surface area contributed by atoms with Crippen molar-refractivity contribution in [1.29, 1.82) is 0 Å². The molecule has 5 nitrogen and oxygen atoms in total. The monoisotopic (exact) mass is 439 g/mol. The molecule has 0 unspecified atom stereocenters. The van der Waals surface area contributed by atoms with Gasteiger partial charge in [-0.3, -0.25) is 9.71 Å². The van der Waals surface area contributed by atoms with Gasteiger partial charge in [0.25, 0.3) is 10.0 Å². The van der Waals surface area contributed by atoms with Crippen LogP contribution in [0.3, 0.4) is 0 Å². The van der Waals surface area contributed by atoms with Gasteiger partial charge in [-0.15, -0.1) is 0 Å². The molecule has 3 rings (SSSR count). The lowest BCUT2D eigenvalue weighted by Crippen LogP contribution is -2.18. The Morgan fingerprint density at radius 1 is 0.897 bits per heavy atom. The fraction of sp³-hybridized carbons (Fsp3) is 0. The molecular formula is C19H11ClF3N2O3S-. The molecule has 3 aromatic carbocycles. The highest BCUT2D eigenvalue weighted by Crippen LogP contribution is 2.23. The molecule has 150 valence electrons. The Morgan fingerprint density at radius 3 is 2.17 bits per heavy atom. The SMILES string of the molecule is O=S(=O)(Nc1ccc(C([O-])=Nc2ccc(F)c(Cl)c2)cc1)c1ccc(F)c(F)c1. The highest BCUT2D eigenvalue weighted by atomic mass is 35.5. The van der Waals surface area contributed by atoms with E-state index in [9.17, 15) is 26.7 Å². The zero-order valence-corrected chi connectivity index (χ0v) is 15.9. The van der Waals surface area contributed by atoms with E-state index in [1.54, 1.807) is 0 Å². The lowest BCUT2D eigenvalue weighted by atomic mass is 10.2. The van der Waals surface area contributed by atoms with Gasteiger partial charge >= 0.3 is 0 Å². The van der Waals surface area contributed by atoms with Crippen molar-refractivity contribution in [2.24, 2.45) is 4.99 Å². The van der Waals surface area contributed by atoms with E-state index in [0.29, 0.717) is 12.1 Å². The number of hydrogen-bond donors (Lipinski definition) is 1. The second-order valence-corrected chi connectivity index (χ2v) is 7.86. The molecule has 0 heterocycles. The van der Waals surface area contributed by atoms with Gasteiger partial charge in [-0.1, -0.05) is 23.7 Å². The zero-order valence-electron chi connectivity index (χ0n) is 14.4. The molecule has 0 aliphatic carbocycles. The second kappa shape index (κ2) is 8.14. The molecule has 0 radical (unpaired) electrons.